The number of ketones is 3. The lowest BCUT2D eigenvalue weighted by Crippen LogP contribution is -2.64. The standard InChI is InChI=1S/C36H38FN5O13S2/c1-14-20(12-42(2)17-3-4-18(42)6-15(5-17)7-24(44)30(48)16-8-21(37)31(49)25(45)9-16)29(35(53)54)41-32(50)19(33(41)57-14)10-23(43)28(22-13-56-36(38)39-22)40-55-26(34(51)52)11-27(46)47/h8-9,13-15,17-19,26,33H,3-7,10-12H2,1-2H3,(H6-,38,39,40,43,44,45,46,47,48,49,51,52,53,54)/p+1/t14-,15?,17-,18+,19+,26-,33+,42?/m0/s1. The molecule has 7 N–H and O–H groups in total. The second-order valence-corrected chi connectivity index (χ2v) is 17.2. The molecule has 0 spiro atoms. The summed E-state index contributed by atoms with van der Waals surface area (Å²) >= 11 is 2.26. The first-order valence-corrected chi connectivity index (χ1v) is 19.6. The largest absolute Gasteiger partial charge is 0.504 e. The van der Waals surface area contributed by atoms with Crippen LogP contribution in [0.15, 0.2) is 33.9 Å². The van der Waals surface area contributed by atoms with Gasteiger partial charge >= 0.3 is 17.9 Å². The Kier molecular flexibility index (Phi) is 11.5. The summed E-state index contributed by atoms with van der Waals surface area (Å²) in [5.74, 6) is -11.9. The summed E-state index contributed by atoms with van der Waals surface area (Å²) in [7, 11) is 2.02. The number of benzene rings is 1. The monoisotopic (exact) mass is 832 g/mol. The van der Waals surface area contributed by atoms with Crippen LogP contribution in [0.5, 0.6) is 11.5 Å². The molecular weight excluding hydrogens is 794 g/mol. The number of aromatic hydroxyl groups is 2. The Bertz CT molecular complexity index is 2100. The molecule has 0 aliphatic carbocycles. The molecule has 1 aromatic heterocycles. The van der Waals surface area contributed by atoms with E-state index in [0.717, 1.165) is 30.2 Å². The number of β-lactam (4-membered cyclic amide) rings is 1. The molecule has 2 bridgehead atoms. The number of amides is 1. The van der Waals surface area contributed by atoms with Gasteiger partial charge in [0.15, 0.2) is 33.9 Å². The molecule has 4 aliphatic heterocycles. The number of hydrogen-bond acceptors (Lipinski definition) is 15. The number of nitrogens with two attached hydrogens (primary N) is 1. The van der Waals surface area contributed by atoms with Gasteiger partial charge in [0.1, 0.15) is 17.9 Å². The van der Waals surface area contributed by atoms with Gasteiger partial charge in [-0.25, -0.2) is 19.0 Å². The number of aliphatic carboxylic acids is 3. The molecule has 1 aromatic carbocycles. The van der Waals surface area contributed by atoms with Crippen LogP contribution in [0.4, 0.5) is 9.52 Å². The molecule has 0 radical (unpaired) electrons. The number of hydrogen-bond donors (Lipinski definition) is 6. The molecule has 18 nitrogen and oxygen atoms in total. The van der Waals surface area contributed by atoms with E-state index in [1.54, 1.807) is 0 Å². The minimum absolute atomic E-state index is 0.00218. The smallest absolute Gasteiger partial charge is 0.352 e. The summed E-state index contributed by atoms with van der Waals surface area (Å²) in [6.45, 7) is 2.11. The Morgan fingerprint density at radius 1 is 1.07 bits per heavy atom. The number of nitrogen functional groups attached to an aromatic ring is 1. The number of carboxylic acid groups (broad SMARTS) is 3. The number of phenols is 2. The number of phenolic OH excluding ortho intramolecular Hbond substituents is 2. The maximum atomic E-state index is 13.9. The average molecular weight is 833 g/mol. The molecule has 1 amide bonds. The van der Waals surface area contributed by atoms with Gasteiger partial charge < -0.3 is 40.6 Å². The van der Waals surface area contributed by atoms with Crippen molar-refractivity contribution in [3.05, 3.63) is 45.9 Å². The quantitative estimate of drug-likeness (QED) is 0.0269. The van der Waals surface area contributed by atoms with Crippen molar-refractivity contribution in [2.75, 3.05) is 19.3 Å². The highest BCUT2D eigenvalue weighted by Gasteiger charge is 2.58. The van der Waals surface area contributed by atoms with Crippen molar-refractivity contribution in [3.63, 3.8) is 0 Å². The first-order chi connectivity index (χ1) is 26.8. The number of likely N-dealkylation sites (N-methyl/N-ethyl adjacent to an activating group) is 1. The summed E-state index contributed by atoms with van der Waals surface area (Å²) < 4.78 is 14.4. The zero-order valence-corrected chi connectivity index (χ0v) is 32.1. The Labute approximate surface area is 331 Å². The summed E-state index contributed by atoms with van der Waals surface area (Å²) in [5.41, 5.74) is 5.15. The van der Waals surface area contributed by atoms with E-state index >= 15 is 0 Å². The lowest BCUT2D eigenvalue weighted by Gasteiger charge is -2.53. The first kappa shape index (κ1) is 41.2. The van der Waals surface area contributed by atoms with Gasteiger partial charge in [0, 0.05) is 60.3 Å². The van der Waals surface area contributed by atoms with Crippen molar-refractivity contribution < 1.29 is 72.8 Å². The van der Waals surface area contributed by atoms with E-state index in [0.29, 0.717) is 29.0 Å². The van der Waals surface area contributed by atoms with Crippen molar-refractivity contribution in [3.8, 4) is 11.5 Å². The van der Waals surface area contributed by atoms with Gasteiger partial charge in [0.2, 0.25) is 23.6 Å². The molecular formula is C36H39FN5O13S2+. The average Bonchev–Trinajstić information content (AvgIpc) is 3.61. The summed E-state index contributed by atoms with van der Waals surface area (Å²) in [6.07, 6.45) is -0.803. The summed E-state index contributed by atoms with van der Waals surface area (Å²) in [5, 5.41) is 52.0. The Morgan fingerprint density at radius 2 is 1.74 bits per heavy atom. The van der Waals surface area contributed by atoms with Crippen molar-refractivity contribution >= 4 is 75.1 Å². The van der Waals surface area contributed by atoms with Gasteiger partial charge in [-0.3, -0.25) is 28.9 Å². The molecule has 8 atom stereocenters. The Morgan fingerprint density at radius 3 is 2.30 bits per heavy atom. The number of thiazole rings is 1. The number of Topliss-reactive ketones (excluding diaryl/α,β-unsaturated/α-hetero) is 3. The molecule has 6 rings (SSSR count). The maximum absolute atomic E-state index is 13.9. The predicted octanol–water partition coefficient (Wildman–Crippen LogP) is 2.37. The molecule has 0 saturated carbocycles. The van der Waals surface area contributed by atoms with Crippen molar-refractivity contribution in [2.24, 2.45) is 17.0 Å². The second-order valence-electron chi connectivity index (χ2n) is 14.8. The second kappa shape index (κ2) is 15.9. The SMILES string of the molecule is C[C@@H]1S[C@@H]2[C@H](CC(=O)/C(=N\O[C@@H](CC(=O)O)C(=O)O)c3csc(N)n3)C(=O)N2C(C(=O)O)=C1C[N+]1(C)[C@@H]2CC[C@H]1CC(CC(=O)C(=O)c1cc(O)c(O)c(F)c1)C2. The third kappa shape index (κ3) is 7.95. The number of quaternary nitrogens is 1. The number of carboxylic acids is 3. The van der Waals surface area contributed by atoms with Crippen LogP contribution in [0.25, 0.3) is 0 Å². The number of carbonyl (C=O) groups excluding carboxylic acids is 4. The molecule has 3 saturated heterocycles. The van der Waals surface area contributed by atoms with Crippen molar-refractivity contribution in [1.82, 2.24) is 9.88 Å². The number of anilines is 1. The van der Waals surface area contributed by atoms with Crippen LogP contribution in [0.2, 0.25) is 0 Å². The number of carbonyl (C=O) groups is 7. The third-order valence-corrected chi connectivity index (χ3v) is 13.5. The Hall–Kier alpha value is -5.41. The van der Waals surface area contributed by atoms with E-state index in [-0.39, 0.29) is 53.1 Å². The minimum atomic E-state index is -1.93. The molecule has 3 fully saturated rings. The number of fused-ring (bicyclic) bond motifs is 3. The third-order valence-electron chi connectivity index (χ3n) is 11.3. The van der Waals surface area contributed by atoms with E-state index in [1.165, 1.54) is 22.0 Å². The van der Waals surface area contributed by atoms with Crippen LogP contribution in [-0.2, 0) is 33.6 Å². The van der Waals surface area contributed by atoms with Gasteiger partial charge in [-0.05, 0) is 25.0 Å². The number of rotatable bonds is 16. The maximum Gasteiger partial charge on any atom is 0.352 e. The molecule has 2 aromatic rings. The molecule has 2 unspecified atom stereocenters. The fourth-order valence-electron chi connectivity index (χ4n) is 8.44. The highest BCUT2D eigenvalue weighted by Crippen LogP contribution is 2.51. The normalized spacial score (nSPS) is 27.3. The van der Waals surface area contributed by atoms with Crippen LogP contribution >= 0.6 is 23.1 Å². The van der Waals surface area contributed by atoms with E-state index in [9.17, 15) is 58.4 Å². The highest BCUT2D eigenvalue weighted by molar-refractivity contribution is 8.00. The van der Waals surface area contributed by atoms with E-state index in [4.69, 9.17) is 15.7 Å². The fourth-order valence-corrected chi connectivity index (χ4v) is 10.5. The predicted molar refractivity (Wildman–Crippen MR) is 198 cm³/mol. The number of halogens is 1. The lowest BCUT2D eigenvalue weighted by atomic mass is 9.83. The highest BCUT2D eigenvalue weighted by atomic mass is 32.2. The molecule has 57 heavy (non-hydrogen) atoms. The number of thioether (sulfide) groups is 1. The minimum Gasteiger partial charge on any atom is -0.504 e. The number of oxime groups is 1. The van der Waals surface area contributed by atoms with E-state index in [1.807, 2.05) is 14.0 Å². The van der Waals surface area contributed by atoms with Crippen LogP contribution < -0.4 is 5.73 Å². The van der Waals surface area contributed by atoms with Gasteiger partial charge in [-0.1, -0.05) is 5.16 Å². The van der Waals surface area contributed by atoms with Crippen LogP contribution in [0, 0.1) is 17.7 Å². The zero-order valence-electron chi connectivity index (χ0n) is 30.5. The molecule has 5 heterocycles. The molecule has 304 valence electrons. The van der Waals surface area contributed by atoms with Crippen molar-refractivity contribution in [1.29, 1.82) is 0 Å². The number of nitrogens with zero attached hydrogens (tertiary/aromatic N) is 4. The van der Waals surface area contributed by atoms with Crippen LogP contribution in [0.1, 0.15) is 67.9 Å². The first-order valence-electron chi connectivity index (χ1n) is 17.8. The summed E-state index contributed by atoms with van der Waals surface area (Å²) in [4.78, 5) is 98.9. The van der Waals surface area contributed by atoms with Crippen molar-refractivity contribution in [2.45, 2.75) is 80.7 Å². The summed E-state index contributed by atoms with van der Waals surface area (Å²) in [6, 6.07) is 1.53. The zero-order chi connectivity index (χ0) is 41.7. The van der Waals surface area contributed by atoms with Gasteiger partial charge in [0.05, 0.1) is 36.8 Å². The van der Waals surface area contributed by atoms with Gasteiger partial charge in [-0.15, -0.1) is 23.1 Å². The van der Waals surface area contributed by atoms with E-state index < -0.39 is 99.7 Å². The topological polar surface area (TPSA) is 284 Å². The van der Waals surface area contributed by atoms with Gasteiger partial charge in [-0.2, -0.15) is 0 Å². The Balaban J connectivity index is 1.16. The number of piperidine rings is 1. The molecule has 4 aliphatic rings. The number of aromatic nitrogens is 1. The van der Waals surface area contributed by atoms with E-state index in [2.05, 4.69) is 10.1 Å². The lowest BCUT2D eigenvalue weighted by molar-refractivity contribution is -0.945. The molecule has 21 heteroatoms. The van der Waals surface area contributed by atoms with Crippen LogP contribution in [-0.4, -0.2) is 129 Å². The fraction of sp³-hybridized carbons (Fsp3) is 0.472. The van der Waals surface area contributed by atoms with Crippen LogP contribution in [0.3, 0.4) is 0 Å². The van der Waals surface area contributed by atoms with Gasteiger partial charge in [0.25, 0.3) is 0 Å².